The molecule has 2 rings (SSSR count). The van der Waals surface area contributed by atoms with Crippen molar-refractivity contribution in [3.63, 3.8) is 0 Å². The van der Waals surface area contributed by atoms with E-state index in [2.05, 4.69) is 5.32 Å². The topological polar surface area (TPSA) is 29.1 Å². The Hall–Kier alpha value is -0.570. The van der Waals surface area contributed by atoms with Crippen LogP contribution in [0.2, 0.25) is 10.0 Å². The van der Waals surface area contributed by atoms with Gasteiger partial charge in [-0.2, -0.15) is 0 Å². The van der Waals surface area contributed by atoms with Gasteiger partial charge in [-0.3, -0.25) is 4.79 Å². The summed E-state index contributed by atoms with van der Waals surface area (Å²) in [5.74, 6) is 0.603. The number of carbonyl (C=O) groups is 1. The summed E-state index contributed by atoms with van der Waals surface area (Å²) in [4.78, 5) is 12.0. The van der Waals surface area contributed by atoms with Crippen LogP contribution in [0.4, 0.5) is 0 Å². The maximum atomic E-state index is 12.0. The van der Waals surface area contributed by atoms with Gasteiger partial charge in [-0.05, 0) is 49.9 Å². The Morgan fingerprint density at radius 1 is 1.37 bits per heavy atom. The minimum absolute atomic E-state index is 0.217. The summed E-state index contributed by atoms with van der Waals surface area (Å²) in [6.07, 6.45) is 4.48. The molecule has 19 heavy (non-hydrogen) atoms. The van der Waals surface area contributed by atoms with E-state index in [1.54, 1.807) is 6.07 Å². The quantitative estimate of drug-likeness (QED) is 0.894. The zero-order valence-corrected chi connectivity index (χ0v) is 12.4. The summed E-state index contributed by atoms with van der Waals surface area (Å²) < 4.78 is 0. The Labute approximate surface area is 124 Å². The summed E-state index contributed by atoms with van der Waals surface area (Å²) >= 11 is 12.0. The first kappa shape index (κ1) is 14.8. The number of nitrogens with one attached hydrogen (secondary N) is 1. The molecule has 0 radical (unpaired) electrons. The van der Waals surface area contributed by atoms with Gasteiger partial charge in [-0.25, -0.2) is 0 Å². The molecule has 1 heterocycles. The van der Waals surface area contributed by atoms with Crippen molar-refractivity contribution < 1.29 is 4.79 Å². The Bertz CT molecular complexity index is 442. The van der Waals surface area contributed by atoms with Crippen LogP contribution in [0.5, 0.6) is 0 Å². The molecule has 1 atom stereocenters. The molecule has 104 valence electrons. The molecule has 4 heteroatoms. The van der Waals surface area contributed by atoms with Crippen molar-refractivity contribution in [2.45, 2.75) is 32.1 Å². The van der Waals surface area contributed by atoms with Crippen molar-refractivity contribution in [3.05, 3.63) is 33.8 Å². The minimum Gasteiger partial charge on any atom is -0.316 e. The van der Waals surface area contributed by atoms with Crippen LogP contribution in [-0.2, 0) is 11.2 Å². The fraction of sp³-hybridized carbons (Fsp3) is 0.533. The van der Waals surface area contributed by atoms with E-state index in [-0.39, 0.29) is 5.92 Å². The second kappa shape index (κ2) is 7.28. The number of rotatable bonds is 5. The highest BCUT2D eigenvalue weighted by atomic mass is 35.5. The van der Waals surface area contributed by atoms with E-state index in [1.165, 1.54) is 0 Å². The van der Waals surface area contributed by atoms with Crippen LogP contribution in [0.15, 0.2) is 18.2 Å². The lowest BCUT2D eigenvalue weighted by molar-refractivity contribution is -0.123. The molecule has 1 N–H and O–H groups in total. The molecule has 1 fully saturated rings. The van der Waals surface area contributed by atoms with Gasteiger partial charge in [0.15, 0.2) is 0 Å². The smallest absolute Gasteiger partial charge is 0.137 e. The van der Waals surface area contributed by atoms with Crippen molar-refractivity contribution >= 4 is 29.0 Å². The number of benzene rings is 1. The second-order valence-corrected chi connectivity index (χ2v) is 5.94. The lowest BCUT2D eigenvalue weighted by atomic mass is 9.92. The third kappa shape index (κ3) is 4.48. The average molecular weight is 300 g/mol. The van der Waals surface area contributed by atoms with Gasteiger partial charge in [0.05, 0.1) is 0 Å². The molecule has 0 unspecified atom stereocenters. The summed E-state index contributed by atoms with van der Waals surface area (Å²) in [7, 11) is 0. The van der Waals surface area contributed by atoms with Crippen LogP contribution in [-0.4, -0.2) is 18.9 Å². The molecule has 2 nitrogen and oxygen atoms in total. The summed E-state index contributed by atoms with van der Waals surface area (Å²) in [5.41, 5.74) is 1.07. The first-order valence-corrected chi connectivity index (χ1v) is 7.60. The zero-order valence-electron chi connectivity index (χ0n) is 10.9. The van der Waals surface area contributed by atoms with Crippen LogP contribution in [0, 0.1) is 5.92 Å². The number of halogens is 2. The normalized spacial score (nSPS) is 19.4. The van der Waals surface area contributed by atoms with E-state index < -0.39 is 0 Å². The van der Waals surface area contributed by atoms with Crippen LogP contribution < -0.4 is 5.32 Å². The molecule has 0 spiro atoms. The second-order valence-electron chi connectivity index (χ2n) is 5.10. The molecule has 1 aromatic rings. The first-order valence-electron chi connectivity index (χ1n) is 6.84. The van der Waals surface area contributed by atoms with Gasteiger partial charge < -0.3 is 5.32 Å². The monoisotopic (exact) mass is 299 g/mol. The van der Waals surface area contributed by atoms with Crippen molar-refractivity contribution in [1.29, 1.82) is 0 Å². The lowest BCUT2D eigenvalue weighted by Crippen LogP contribution is -2.34. The number of piperidine rings is 1. The molecule has 0 bridgehead atoms. The minimum atomic E-state index is 0.217. The molecule has 0 saturated carbocycles. The Kier molecular flexibility index (Phi) is 5.68. The molecule has 1 saturated heterocycles. The maximum absolute atomic E-state index is 12.0. The van der Waals surface area contributed by atoms with E-state index in [0.29, 0.717) is 22.2 Å². The van der Waals surface area contributed by atoms with E-state index in [9.17, 15) is 4.79 Å². The SMILES string of the molecule is O=C(CCCc1ccc(Cl)cc1Cl)[C@@H]1CCCNC1. The average Bonchev–Trinajstić information content (AvgIpc) is 2.42. The fourth-order valence-corrected chi connectivity index (χ4v) is 3.01. The highest BCUT2D eigenvalue weighted by molar-refractivity contribution is 6.35. The van der Waals surface area contributed by atoms with E-state index in [4.69, 9.17) is 23.2 Å². The number of hydrogen-bond donors (Lipinski definition) is 1. The third-order valence-electron chi connectivity index (χ3n) is 3.64. The number of aryl methyl sites for hydroxylation is 1. The van der Waals surface area contributed by atoms with E-state index >= 15 is 0 Å². The molecule has 1 aromatic carbocycles. The lowest BCUT2D eigenvalue weighted by Gasteiger charge is -2.21. The van der Waals surface area contributed by atoms with Gasteiger partial charge in [0.25, 0.3) is 0 Å². The van der Waals surface area contributed by atoms with Gasteiger partial charge in [0, 0.05) is 28.9 Å². The zero-order chi connectivity index (χ0) is 13.7. The van der Waals surface area contributed by atoms with Crippen LogP contribution in [0.1, 0.15) is 31.2 Å². The number of carbonyl (C=O) groups excluding carboxylic acids is 1. The van der Waals surface area contributed by atoms with Gasteiger partial charge in [0.1, 0.15) is 5.78 Å². The molecule has 0 amide bonds. The van der Waals surface area contributed by atoms with Crippen molar-refractivity contribution in [2.24, 2.45) is 5.92 Å². The maximum Gasteiger partial charge on any atom is 0.137 e. The number of ketones is 1. The fourth-order valence-electron chi connectivity index (χ4n) is 2.51. The highest BCUT2D eigenvalue weighted by Crippen LogP contribution is 2.23. The predicted molar refractivity (Wildman–Crippen MR) is 80.0 cm³/mol. The van der Waals surface area contributed by atoms with Gasteiger partial charge in [-0.15, -0.1) is 0 Å². The van der Waals surface area contributed by atoms with E-state index in [1.807, 2.05) is 12.1 Å². The number of Topliss-reactive ketones (excluding diaryl/α,β-unsaturated/α-hetero) is 1. The Morgan fingerprint density at radius 2 is 2.21 bits per heavy atom. The van der Waals surface area contributed by atoms with Crippen molar-refractivity contribution in [2.75, 3.05) is 13.1 Å². The van der Waals surface area contributed by atoms with Crippen molar-refractivity contribution in [3.8, 4) is 0 Å². The first-order chi connectivity index (χ1) is 9.16. The Balaban J connectivity index is 1.78. The van der Waals surface area contributed by atoms with Crippen molar-refractivity contribution in [1.82, 2.24) is 5.32 Å². The van der Waals surface area contributed by atoms with E-state index in [0.717, 1.165) is 44.3 Å². The highest BCUT2D eigenvalue weighted by Gasteiger charge is 2.20. The van der Waals surface area contributed by atoms with Crippen LogP contribution in [0.3, 0.4) is 0 Å². The molecule has 0 aliphatic carbocycles. The largest absolute Gasteiger partial charge is 0.316 e. The van der Waals surface area contributed by atoms with Crippen LogP contribution in [0.25, 0.3) is 0 Å². The summed E-state index contributed by atoms with van der Waals surface area (Å²) in [5, 5.41) is 4.63. The standard InChI is InChI=1S/C15H19Cl2NO/c16-13-7-6-11(14(17)9-13)3-1-5-15(19)12-4-2-8-18-10-12/h6-7,9,12,18H,1-5,8,10H2/t12-/m1/s1. The molecular formula is C15H19Cl2NO. The van der Waals surface area contributed by atoms with Gasteiger partial charge >= 0.3 is 0 Å². The number of hydrogen-bond acceptors (Lipinski definition) is 2. The van der Waals surface area contributed by atoms with Gasteiger partial charge in [-0.1, -0.05) is 29.3 Å². The molecule has 1 aliphatic heterocycles. The molecule has 0 aromatic heterocycles. The summed E-state index contributed by atoms with van der Waals surface area (Å²) in [6, 6.07) is 5.54. The predicted octanol–water partition coefficient (Wildman–Crippen LogP) is 3.88. The van der Waals surface area contributed by atoms with Crippen LogP contribution >= 0.6 is 23.2 Å². The molecule has 1 aliphatic rings. The third-order valence-corrected chi connectivity index (χ3v) is 4.22. The van der Waals surface area contributed by atoms with Gasteiger partial charge in [0.2, 0.25) is 0 Å². The Morgan fingerprint density at radius 3 is 2.89 bits per heavy atom. The molecular weight excluding hydrogens is 281 g/mol. The summed E-state index contributed by atoms with van der Waals surface area (Å²) in [6.45, 7) is 1.89.